The minimum atomic E-state index is 0.676. The zero-order valence-corrected chi connectivity index (χ0v) is 11.5. The molecule has 0 aliphatic heterocycles. The Bertz CT molecular complexity index is 511. The Balaban J connectivity index is 1.71. The number of benzene rings is 1. The van der Waals surface area contributed by atoms with Gasteiger partial charge < -0.3 is 10.1 Å². The molecule has 0 unspecified atom stereocenters. The molecule has 2 aromatic rings. The molecule has 2 rings (SSSR count). The fourth-order valence-electron chi connectivity index (χ4n) is 1.83. The van der Waals surface area contributed by atoms with E-state index in [1.54, 1.807) is 0 Å². The van der Waals surface area contributed by atoms with Crippen molar-refractivity contribution in [2.45, 2.75) is 20.4 Å². The van der Waals surface area contributed by atoms with Crippen molar-refractivity contribution in [2.24, 2.45) is 0 Å². The van der Waals surface area contributed by atoms with Gasteiger partial charge in [0, 0.05) is 25.5 Å². The van der Waals surface area contributed by atoms with Crippen molar-refractivity contribution in [3.63, 3.8) is 0 Å². The maximum absolute atomic E-state index is 5.78. The first-order valence-corrected chi connectivity index (χ1v) is 6.55. The van der Waals surface area contributed by atoms with Crippen LogP contribution in [-0.4, -0.2) is 18.1 Å². The van der Waals surface area contributed by atoms with Gasteiger partial charge in [0.25, 0.3) is 0 Å². The van der Waals surface area contributed by atoms with Crippen LogP contribution in [-0.2, 0) is 6.54 Å². The van der Waals surface area contributed by atoms with Crippen LogP contribution in [0.5, 0.6) is 5.75 Å². The van der Waals surface area contributed by atoms with E-state index in [2.05, 4.69) is 42.3 Å². The molecule has 0 saturated heterocycles. The zero-order chi connectivity index (χ0) is 13.5. The lowest BCUT2D eigenvalue weighted by Gasteiger charge is -2.10. The van der Waals surface area contributed by atoms with Crippen LogP contribution in [0.2, 0.25) is 0 Å². The molecule has 3 heteroatoms. The molecule has 0 aliphatic rings. The van der Waals surface area contributed by atoms with Crippen molar-refractivity contribution in [3.05, 3.63) is 59.4 Å². The first-order chi connectivity index (χ1) is 9.25. The van der Waals surface area contributed by atoms with Crippen LogP contribution in [0, 0.1) is 13.8 Å². The molecular formula is C16H20N2O. The van der Waals surface area contributed by atoms with Crippen molar-refractivity contribution < 1.29 is 4.74 Å². The second-order valence-electron chi connectivity index (χ2n) is 4.65. The summed E-state index contributed by atoms with van der Waals surface area (Å²) in [5.41, 5.74) is 3.65. The Kier molecular flexibility index (Phi) is 4.93. The summed E-state index contributed by atoms with van der Waals surface area (Å²) in [6.45, 7) is 6.50. The van der Waals surface area contributed by atoms with Crippen molar-refractivity contribution >= 4 is 0 Å². The molecule has 0 fully saturated rings. The van der Waals surface area contributed by atoms with E-state index in [1.807, 2.05) is 24.5 Å². The summed E-state index contributed by atoms with van der Waals surface area (Å²) < 4.78 is 5.78. The van der Waals surface area contributed by atoms with E-state index in [9.17, 15) is 0 Å². The van der Waals surface area contributed by atoms with Crippen LogP contribution in [0.1, 0.15) is 16.7 Å². The molecule has 19 heavy (non-hydrogen) atoms. The summed E-state index contributed by atoms with van der Waals surface area (Å²) >= 11 is 0. The second kappa shape index (κ2) is 6.90. The third-order valence-corrected chi connectivity index (χ3v) is 2.96. The first kappa shape index (κ1) is 13.6. The molecule has 3 nitrogen and oxygen atoms in total. The summed E-state index contributed by atoms with van der Waals surface area (Å²) in [6.07, 6.45) is 3.62. The summed E-state index contributed by atoms with van der Waals surface area (Å²) in [5.74, 6) is 0.978. The fraction of sp³-hybridized carbons (Fsp3) is 0.312. The molecule has 1 N–H and O–H groups in total. The lowest BCUT2D eigenvalue weighted by atomic mass is 10.1. The SMILES string of the molecule is Cc1ccc(C)c(OCCNCc2ccncc2)c1. The van der Waals surface area contributed by atoms with Crippen molar-refractivity contribution in [3.8, 4) is 5.75 Å². The van der Waals surface area contributed by atoms with Gasteiger partial charge in [-0.3, -0.25) is 4.98 Å². The number of aryl methyl sites for hydroxylation is 2. The normalized spacial score (nSPS) is 10.4. The Morgan fingerprint density at radius 3 is 2.68 bits per heavy atom. The minimum absolute atomic E-state index is 0.676. The van der Waals surface area contributed by atoms with Gasteiger partial charge in [0.1, 0.15) is 12.4 Å². The highest BCUT2D eigenvalue weighted by Crippen LogP contribution is 2.18. The average molecular weight is 256 g/mol. The third kappa shape index (κ3) is 4.38. The van der Waals surface area contributed by atoms with Gasteiger partial charge in [-0.15, -0.1) is 0 Å². The Morgan fingerprint density at radius 1 is 1.11 bits per heavy atom. The van der Waals surface area contributed by atoms with E-state index < -0.39 is 0 Å². The van der Waals surface area contributed by atoms with Gasteiger partial charge >= 0.3 is 0 Å². The topological polar surface area (TPSA) is 34.1 Å². The Morgan fingerprint density at radius 2 is 1.89 bits per heavy atom. The highest BCUT2D eigenvalue weighted by atomic mass is 16.5. The quantitative estimate of drug-likeness (QED) is 0.807. The maximum atomic E-state index is 5.78. The van der Waals surface area contributed by atoms with Gasteiger partial charge in [0.2, 0.25) is 0 Å². The molecule has 0 aliphatic carbocycles. The summed E-state index contributed by atoms with van der Waals surface area (Å²) in [4.78, 5) is 3.99. The standard InChI is InChI=1S/C16H20N2O/c1-13-3-4-14(2)16(11-13)19-10-9-18-12-15-5-7-17-8-6-15/h3-8,11,18H,9-10,12H2,1-2H3. The summed E-state index contributed by atoms with van der Waals surface area (Å²) in [5, 5.41) is 3.35. The summed E-state index contributed by atoms with van der Waals surface area (Å²) in [6, 6.07) is 10.3. The molecule has 0 spiro atoms. The molecular weight excluding hydrogens is 236 g/mol. The number of hydrogen-bond acceptors (Lipinski definition) is 3. The monoisotopic (exact) mass is 256 g/mol. The molecule has 0 amide bonds. The fourth-order valence-corrected chi connectivity index (χ4v) is 1.83. The molecule has 1 aromatic heterocycles. The highest BCUT2D eigenvalue weighted by Gasteiger charge is 1.99. The molecule has 0 bridgehead atoms. The molecule has 1 heterocycles. The molecule has 0 radical (unpaired) electrons. The molecule has 100 valence electrons. The van der Waals surface area contributed by atoms with E-state index >= 15 is 0 Å². The Labute approximate surface area is 114 Å². The van der Waals surface area contributed by atoms with Gasteiger partial charge in [0.05, 0.1) is 0 Å². The van der Waals surface area contributed by atoms with Crippen LogP contribution in [0.15, 0.2) is 42.7 Å². The van der Waals surface area contributed by atoms with Crippen LogP contribution < -0.4 is 10.1 Å². The average Bonchev–Trinajstić information content (AvgIpc) is 2.43. The highest BCUT2D eigenvalue weighted by molar-refractivity contribution is 5.35. The van der Waals surface area contributed by atoms with E-state index in [1.165, 1.54) is 16.7 Å². The van der Waals surface area contributed by atoms with E-state index in [4.69, 9.17) is 4.74 Å². The number of nitrogens with one attached hydrogen (secondary N) is 1. The second-order valence-corrected chi connectivity index (χ2v) is 4.65. The smallest absolute Gasteiger partial charge is 0.122 e. The third-order valence-electron chi connectivity index (χ3n) is 2.96. The van der Waals surface area contributed by atoms with Gasteiger partial charge in [0.15, 0.2) is 0 Å². The predicted molar refractivity (Wildman–Crippen MR) is 77.4 cm³/mol. The number of nitrogens with zero attached hydrogens (tertiary/aromatic N) is 1. The van der Waals surface area contributed by atoms with E-state index in [-0.39, 0.29) is 0 Å². The summed E-state index contributed by atoms with van der Waals surface area (Å²) in [7, 11) is 0. The van der Waals surface area contributed by atoms with E-state index in [0.29, 0.717) is 6.61 Å². The molecule has 0 atom stereocenters. The lowest BCUT2D eigenvalue weighted by Crippen LogP contribution is -2.20. The van der Waals surface area contributed by atoms with E-state index in [0.717, 1.165) is 18.8 Å². The van der Waals surface area contributed by atoms with Gasteiger partial charge in [-0.25, -0.2) is 0 Å². The lowest BCUT2D eigenvalue weighted by molar-refractivity contribution is 0.311. The van der Waals surface area contributed by atoms with Crippen molar-refractivity contribution in [1.82, 2.24) is 10.3 Å². The van der Waals surface area contributed by atoms with Crippen molar-refractivity contribution in [1.29, 1.82) is 0 Å². The van der Waals surface area contributed by atoms with Crippen molar-refractivity contribution in [2.75, 3.05) is 13.2 Å². The number of hydrogen-bond donors (Lipinski definition) is 1. The molecule has 1 aromatic carbocycles. The van der Waals surface area contributed by atoms with Crippen LogP contribution in [0.4, 0.5) is 0 Å². The largest absolute Gasteiger partial charge is 0.492 e. The Hall–Kier alpha value is -1.87. The van der Waals surface area contributed by atoms with Crippen LogP contribution in [0.25, 0.3) is 0 Å². The van der Waals surface area contributed by atoms with Gasteiger partial charge in [-0.05, 0) is 48.7 Å². The van der Waals surface area contributed by atoms with Gasteiger partial charge in [-0.2, -0.15) is 0 Å². The number of pyridine rings is 1. The van der Waals surface area contributed by atoms with Crippen LogP contribution >= 0.6 is 0 Å². The predicted octanol–water partition coefficient (Wildman–Crippen LogP) is 2.87. The van der Waals surface area contributed by atoms with Gasteiger partial charge in [-0.1, -0.05) is 12.1 Å². The minimum Gasteiger partial charge on any atom is -0.492 e. The first-order valence-electron chi connectivity index (χ1n) is 6.55. The number of rotatable bonds is 6. The number of ether oxygens (including phenoxy) is 1. The van der Waals surface area contributed by atoms with Crippen LogP contribution in [0.3, 0.4) is 0 Å². The number of aromatic nitrogens is 1. The zero-order valence-electron chi connectivity index (χ0n) is 11.5. The molecule has 0 saturated carbocycles. The maximum Gasteiger partial charge on any atom is 0.122 e.